The van der Waals surface area contributed by atoms with Gasteiger partial charge in [-0.05, 0) is 31.3 Å². The zero-order chi connectivity index (χ0) is 16.2. The van der Waals surface area contributed by atoms with Gasteiger partial charge in [0.15, 0.2) is 5.11 Å². The molecule has 2 N–H and O–H groups in total. The van der Waals surface area contributed by atoms with Crippen molar-refractivity contribution in [3.8, 4) is 0 Å². The SMILES string of the molecule is Cc1nc(/C=N/NC(=S)Nc2ccccc2C(F)(F)F)cs1. The Morgan fingerprint density at radius 2 is 2.09 bits per heavy atom. The normalized spacial score (nSPS) is 11.6. The van der Waals surface area contributed by atoms with Gasteiger partial charge in [0.1, 0.15) is 0 Å². The van der Waals surface area contributed by atoms with E-state index in [-0.39, 0.29) is 10.8 Å². The van der Waals surface area contributed by atoms with Gasteiger partial charge >= 0.3 is 6.18 Å². The Hall–Kier alpha value is -2.00. The number of anilines is 1. The van der Waals surface area contributed by atoms with Crippen LogP contribution in [0.3, 0.4) is 0 Å². The summed E-state index contributed by atoms with van der Waals surface area (Å²) in [4.78, 5) is 4.15. The molecule has 22 heavy (non-hydrogen) atoms. The fourth-order valence-electron chi connectivity index (χ4n) is 1.59. The minimum Gasteiger partial charge on any atom is -0.331 e. The molecular formula is C13H11F3N4S2. The number of aryl methyl sites for hydroxylation is 1. The van der Waals surface area contributed by atoms with Crippen molar-refractivity contribution in [1.82, 2.24) is 10.4 Å². The van der Waals surface area contributed by atoms with Crippen molar-refractivity contribution in [1.29, 1.82) is 0 Å². The molecule has 0 aliphatic rings. The van der Waals surface area contributed by atoms with Gasteiger partial charge in [0.2, 0.25) is 0 Å². The summed E-state index contributed by atoms with van der Waals surface area (Å²) < 4.78 is 38.5. The average Bonchev–Trinajstić information content (AvgIpc) is 2.84. The van der Waals surface area contributed by atoms with Gasteiger partial charge in [0.25, 0.3) is 0 Å². The number of rotatable bonds is 3. The van der Waals surface area contributed by atoms with E-state index >= 15 is 0 Å². The van der Waals surface area contributed by atoms with Gasteiger partial charge in [-0.15, -0.1) is 11.3 Å². The number of nitrogens with one attached hydrogen (secondary N) is 2. The number of hydrogen-bond donors (Lipinski definition) is 2. The first-order chi connectivity index (χ1) is 10.4. The number of hydrogen-bond acceptors (Lipinski definition) is 4. The predicted octanol–water partition coefficient (Wildman–Crippen LogP) is 3.79. The number of halogens is 3. The Morgan fingerprint density at radius 1 is 1.36 bits per heavy atom. The number of para-hydroxylation sites is 1. The van der Waals surface area contributed by atoms with Crippen LogP contribution in [0.2, 0.25) is 0 Å². The molecule has 4 nitrogen and oxygen atoms in total. The van der Waals surface area contributed by atoms with Gasteiger partial charge in [-0.25, -0.2) is 4.98 Å². The van der Waals surface area contributed by atoms with Crippen molar-refractivity contribution in [2.24, 2.45) is 5.10 Å². The van der Waals surface area contributed by atoms with Crippen LogP contribution in [0.5, 0.6) is 0 Å². The van der Waals surface area contributed by atoms with Crippen molar-refractivity contribution in [2.75, 3.05) is 5.32 Å². The first kappa shape index (κ1) is 16.4. The average molecular weight is 344 g/mol. The zero-order valence-corrected chi connectivity index (χ0v) is 12.9. The molecule has 9 heteroatoms. The topological polar surface area (TPSA) is 49.3 Å². The lowest BCUT2D eigenvalue weighted by atomic mass is 10.2. The molecule has 2 aromatic rings. The van der Waals surface area contributed by atoms with Gasteiger partial charge in [-0.2, -0.15) is 18.3 Å². The summed E-state index contributed by atoms with van der Waals surface area (Å²) >= 11 is 6.38. The summed E-state index contributed by atoms with van der Waals surface area (Å²) in [5.74, 6) is 0. The lowest BCUT2D eigenvalue weighted by Crippen LogP contribution is -2.25. The van der Waals surface area contributed by atoms with Crippen LogP contribution < -0.4 is 10.7 Å². The number of benzene rings is 1. The summed E-state index contributed by atoms with van der Waals surface area (Å²) in [6.07, 6.45) is -3.02. The molecule has 0 unspecified atom stereocenters. The van der Waals surface area contributed by atoms with E-state index in [4.69, 9.17) is 12.2 Å². The van der Waals surface area contributed by atoms with E-state index in [0.717, 1.165) is 11.1 Å². The zero-order valence-electron chi connectivity index (χ0n) is 11.3. The molecule has 1 heterocycles. The summed E-state index contributed by atoms with van der Waals surface area (Å²) in [6, 6.07) is 5.07. The lowest BCUT2D eigenvalue weighted by molar-refractivity contribution is -0.136. The molecular weight excluding hydrogens is 333 g/mol. The molecule has 0 radical (unpaired) electrons. The van der Waals surface area contributed by atoms with Crippen LogP contribution in [-0.4, -0.2) is 16.3 Å². The summed E-state index contributed by atoms with van der Waals surface area (Å²) in [5, 5.41) is 8.95. The second-order valence-corrected chi connectivity index (χ2v) is 5.63. The van der Waals surface area contributed by atoms with Crippen molar-refractivity contribution in [2.45, 2.75) is 13.1 Å². The van der Waals surface area contributed by atoms with E-state index in [9.17, 15) is 13.2 Å². The maximum absolute atomic E-state index is 12.8. The molecule has 1 aromatic carbocycles. The Labute approximate surface area is 134 Å². The fourth-order valence-corrected chi connectivity index (χ4v) is 2.31. The second kappa shape index (κ2) is 6.84. The Kier molecular flexibility index (Phi) is 5.09. The van der Waals surface area contributed by atoms with Gasteiger partial charge in [-0.1, -0.05) is 12.1 Å². The molecule has 0 atom stereocenters. The summed E-state index contributed by atoms with van der Waals surface area (Å²) in [6.45, 7) is 1.86. The number of thiocarbonyl (C=S) groups is 1. The predicted molar refractivity (Wildman–Crippen MR) is 85.2 cm³/mol. The van der Waals surface area contributed by atoms with Crippen molar-refractivity contribution < 1.29 is 13.2 Å². The third-order valence-electron chi connectivity index (χ3n) is 2.48. The molecule has 0 spiro atoms. The van der Waals surface area contributed by atoms with E-state index in [1.54, 1.807) is 5.38 Å². The van der Waals surface area contributed by atoms with E-state index < -0.39 is 11.7 Å². The molecule has 0 fully saturated rings. The molecule has 2 rings (SSSR count). The third kappa shape index (κ3) is 4.50. The molecule has 0 aliphatic carbocycles. The number of nitrogens with zero attached hydrogens (tertiary/aromatic N) is 2. The number of alkyl halides is 3. The first-order valence-electron chi connectivity index (χ1n) is 6.04. The van der Waals surface area contributed by atoms with E-state index in [0.29, 0.717) is 5.69 Å². The van der Waals surface area contributed by atoms with Crippen molar-refractivity contribution >= 4 is 40.6 Å². The van der Waals surface area contributed by atoms with Crippen molar-refractivity contribution in [3.05, 3.63) is 45.9 Å². The Morgan fingerprint density at radius 3 is 2.73 bits per heavy atom. The molecule has 0 saturated carbocycles. The lowest BCUT2D eigenvalue weighted by Gasteiger charge is -2.14. The summed E-state index contributed by atoms with van der Waals surface area (Å²) in [7, 11) is 0. The standard InChI is InChI=1S/C13H11F3N4S2/c1-8-18-9(7-22-8)6-17-20-12(21)19-11-5-3-2-4-10(11)13(14,15)16/h2-7H,1H3,(H2,19,20,21)/b17-6+. The highest BCUT2D eigenvalue weighted by atomic mass is 32.1. The van der Waals surface area contributed by atoms with Crippen LogP contribution in [-0.2, 0) is 6.18 Å². The Balaban J connectivity index is 1.99. The highest BCUT2D eigenvalue weighted by Gasteiger charge is 2.33. The van der Waals surface area contributed by atoms with E-state index in [2.05, 4.69) is 20.8 Å². The smallest absolute Gasteiger partial charge is 0.331 e. The van der Waals surface area contributed by atoms with Crippen molar-refractivity contribution in [3.63, 3.8) is 0 Å². The van der Waals surface area contributed by atoms with Gasteiger partial charge < -0.3 is 5.32 Å². The van der Waals surface area contributed by atoms with Crippen LogP contribution in [0.1, 0.15) is 16.3 Å². The summed E-state index contributed by atoms with van der Waals surface area (Å²) in [5.41, 5.74) is 2.18. The maximum Gasteiger partial charge on any atom is 0.418 e. The molecule has 0 bridgehead atoms. The monoisotopic (exact) mass is 344 g/mol. The fraction of sp³-hybridized carbons (Fsp3) is 0.154. The molecule has 1 aromatic heterocycles. The molecule has 0 amide bonds. The largest absolute Gasteiger partial charge is 0.418 e. The highest BCUT2D eigenvalue weighted by Crippen LogP contribution is 2.34. The first-order valence-corrected chi connectivity index (χ1v) is 7.33. The van der Waals surface area contributed by atoms with Gasteiger partial charge in [0, 0.05) is 5.38 Å². The van der Waals surface area contributed by atoms with Gasteiger partial charge in [0.05, 0.1) is 28.2 Å². The van der Waals surface area contributed by atoms with Gasteiger partial charge in [-0.3, -0.25) is 5.43 Å². The number of thiazole rings is 1. The van der Waals surface area contributed by atoms with Crippen LogP contribution in [0.4, 0.5) is 18.9 Å². The Bertz CT molecular complexity index is 695. The molecule has 116 valence electrons. The van der Waals surface area contributed by atoms with Crippen LogP contribution in [0.15, 0.2) is 34.7 Å². The van der Waals surface area contributed by atoms with E-state index in [1.807, 2.05) is 6.92 Å². The molecule has 0 aliphatic heterocycles. The number of aromatic nitrogens is 1. The molecule has 0 saturated heterocycles. The minimum atomic E-state index is -4.46. The quantitative estimate of drug-likeness (QED) is 0.505. The number of hydrazone groups is 1. The van der Waals surface area contributed by atoms with E-state index in [1.165, 1.54) is 35.8 Å². The minimum absolute atomic E-state index is 0.0418. The third-order valence-corrected chi connectivity index (χ3v) is 3.47. The van der Waals surface area contributed by atoms with Crippen LogP contribution >= 0.6 is 23.6 Å². The second-order valence-electron chi connectivity index (χ2n) is 4.16. The van der Waals surface area contributed by atoms with Crippen LogP contribution in [0.25, 0.3) is 0 Å². The highest BCUT2D eigenvalue weighted by molar-refractivity contribution is 7.80. The maximum atomic E-state index is 12.8. The van der Waals surface area contributed by atoms with Crippen LogP contribution in [0, 0.1) is 6.92 Å².